The summed E-state index contributed by atoms with van der Waals surface area (Å²) in [5, 5.41) is 3.02. The summed E-state index contributed by atoms with van der Waals surface area (Å²) in [4.78, 5) is 11.5. The predicted molar refractivity (Wildman–Crippen MR) is 60.0 cm³/mol. The van der Waals surface area contributed by atoms with E-state index in [-0.39, 0.29) is 17.7 Å². The number of benzene rings is 1. The van der Waals surface area contributed by atoms with Gasteiger partial charge in [0.2, 0.25) is 0 Å². The van der Waals surface area contributed by atoms with Crippen LogP contribution in [0, 0.1) is 0 Å². The largest absolute Gasteiger partial charge is 0.443 e. The van der Waals surface area contributed by atoms with E-state index >= 15 is 0 Å². The Morgan fingerprint density at radius 1 is 1.25 bits per heavy atom. The molecular weight excluding hydrogens is 202 g/mol. The fourth-order valence-corrected chi connectivity index (χ4v) is 2.92. The molecule has 1 saturated carbocycles. The van der Waals surface area contributed by atoms with Gasteiger partial charge in [-0.3, -0.25) is 0 Å². The highest BCUT2D eigenvalue weighted by Gasteiger charge is 2.50. The van der Waals surface area contributed by atoms with Crippen LogP contribution >= 0.6 is 0 Å². The smallest absolute Gasteiger partial charge is 0.408 e. The second kappa shape index (κ2) is 3.51. The van der Waals surface area contributed by atoms with Crippen molar-refractivity contribution < 1.29 is 9.53 Å². The van der Waals surface area contributed by atoms with Crippen molar-refractivity contribution in [2.75, 3.05) is 0 Å². The SMILES string of the molecule is O=C1N[C@@]2(c3ccccc3)CCCC[C@H]2O1. The Hall–Kier alpha value is -1.51. The van der Waals surface area contributed by atoms with Gasteiger partial charge in [0.1, 0.15) is 11.6 Å². The molecule has 3 rings (SSSR count). The molecule has 16 heavy (non-hydrogen) atoms. The molecular formula is C13H15NO2. The molecule has 0 spiro atoms. The Balaban J connectivity index is 2.03. The number of rotatable bonds is 1. The molecule has 0 unspecified atom stereocenters. The van der Waals surface area contributed by atoms with Crippen molar-refractivity contribution in [2.24, 2.45) is 0 Å². The molecule has 84 valence electrons. The fraction of sp³-hybridized carbons (Fsp3) is 0.462. The minimum Gasteiger partial charge on any atom is -0.443 e. The minimum absolute atomic E-state index is 0.0103. The average Bonchev–Trinajstić information content (AvgIpc) is 2.67. The van der Waals surface area contributed by atoms with Gasteiger partial charge in [-0.2, -0.15) is 0 Å². The monoisotopic (exact) mass is 217 g/mol. The Labute approximate surface area is 94.8 Å². The van der Waals surface area contributed by atoms with Gasteiger partial charge in [0.05, 0.1) is 0 Å². The Bertz CT molecular complexity index is 404. The maximum absolute atomic E-state index is 11.5. The molecule has 1 aromatic carbocycles. The Morgan fingerprint density at radius 3 is 2.88 bits per heavy atom. The number of fused-ring (bicyclic) bond motifs is 1. The van der Waals surface area contributed by atoms with Crippen molar-refractivity contribution in [3.8, 4) is 0 Å². The molecule has 2 atom stereocenters. The second-order valence-corrected chi connectivity index (χ2v) is 4.60. The van der Waals surface area contributed by atoms with E-state index < -0.39 is 0 Å². The normalized spacial score (nSPS) is 32.8. The molecule has 2 aliphatic rings. The maximum atomic E-state index is 11.5. The van der Waals surface area contributed by atoms with E-state index in [4.69, 9.17) is 4.74 Å². The van der Waals surface area contributed by atoms with E-state index in [9.17, 15) is 4.79 Å². The first-order chi connectivity index (χ1) is 7.81. The van der Waals surface area contributed by atoms with Crippen LogP contribution in [0.1, 0.15) is 31.2 Å². The van der Waals surface area contributed by atoms with Crippen molar-refractivity contribution in [1.82, 2.24) is 5.32 Å². The molecule has 3 nitrogen and oxygen atoms in total. The molecule has 0 aromatic heterocycles. The van der Waals surface area contributed by atoms with Crippen LogP contribution in [0.4, 0.5) is 4.79 Å². The lowest BCUT2D eigenvalue weighted by Crippen LogP contribution is -2.47. The van der Waals surface area contributed by atoms with Gasteiger partial charge < -0.3 is 10.1 Å². The third kappa shape index (κ3) is 1.31. The number of carbonyl (C=O) groups is 1. The number of hydrogen-bond donors (Lipinski definition) is 1. The first-order valence-corrected chi connectivity index (χ1v) is 5.86. The van der Waals surface area contributed by atoms with Gasteiger partial charge in [0, 0.05) is 0 Å². The van der Waals surface area contributed by atoms with Gasteiger partial charge in [-0.25, -0.2) is 4.79 Å². The summed E-state index contributed by atoms with van der Waals surface area (Å²) in [6, 6.07) is 10.2. The summed E-state index contributed by atoms with van der Waals surface area (Å²) < 4.78 is 5.37. The van der Waals surface area contributed by atoms with E-state index in [0.29, 0.717) is 0 Å². The lowest BCUT2D eigenvalue weighted by molar-refractivity contribution is 0.0765. The first kappa shape index (κ1) is 9.70. The van der Waals surface area contributed by atoms with Crippen LogP contribution in [0.3, 0.4) is 0 Å². The lowest BCUT2D eigenvalue weighted by Gasteiger charge is -2.36. The zero-order chi connectivity index (χ0) is 11.0. The van der Waals surface area contributed by atoms with Crippen molar-refractivity contribution >= 4 is 6.09 Å². The number of alkyl carbamates (subject to hydrolysis) is 1. The van der Waals surface area contributed by atoms with E-state index in [2.05, 4.69) is 17.4 Å². The fourth-order valence-electron chi connectivity index (χ4n) is 2.92. The Morgan fingerprint density at radius 2 is 2.06 bits per heavy atom. The van der Waals surface area contributed by atoms with Gasteiger partial charge in [0.15, 0.2) is 0 Å². The molecule has 1 heterocycles. The van der Waals surface area contributed by atoms with Gasteiger partial charge in [-0.15, -0.1) is 0 Å². The van der Waals surface area contributed by atoms with Crippen molar-refractivity contribution in [3.05, 3.63) is 35.9 Å². The van der Waals surface area contributed by atoms with Crippen molar-refractivity contribution in [2.45, 2.75) is 37.3 Å². The molecule has 2 fully saturated rings. The number of ether oxygens (including phenoxy) is 1. The molecule has 1 saturated heterocycles. The van der Waals surface area contributed by atoms with Crippen LogP contribution in [0.2, 0.25) is 0 Å². The summed E-state index contributed by atoms with van der Waals surface area (Å²) >= 11 is 0. The van der Waals surface area contributed by atoms with E-state index in [1.807, 2.05) is 18.2 Å². The summed E-state index contributed by atoms with van der Waals surface area (Å²) in [7, 11) is 0. The number of carbonyl (C=O) groups excluding carboxylic acids is 1. The highest BCUT2D eigenvalue weighted by molar-refractivity contribution is 5.72. The number of amides is 1. The first-order valence-electron chi connectivity index (χ1n) is 5.86. The Kier molecular flexibility index (Phi) is 2.13. The molecule has 1 aliphatic carbocycles. The molecule has 1 aliphatic heterocycles. The molecule has 0 radical (unpaired) electrons. The van der Waals surface area contributed by atoms with Crippen molar-refractivity contribution in [3.63, 3.8) is 0 Å². The average molecular weight is 217 g/mol. The lowest BCUT2D eigenvalue weighted by atomic mass is 9.75. The quantitative estimate of drug-likeness (QED) is 0.785. The van der Waals surface area contributed by atoms with Gasteiger partial charge in [0.25, 0.3) is 0 Å². The molecule has 1 amide bonds. The maximum Gasteiger partial charge on any atom is 0.408 e. The summed E-state index contributed by atoms with van der Waals surface area (Å²) in [5.41, 5.74) is 0.905. The second-order valence-electron chi connectivity index (χ2n) is 4.60. The van der Waals surface area contributed by atoms with Crippen molar-refractivity contribution in [1.29, 1.82) is 0 Å². The van der Waals surface area contributed by atoms with Crippen LogP contribution in [0.15, 0.2) is 30.3 Å². The van der Waals surface area contributed by atoms with E-state index in [1.54, 1.807) is 0 Å². The third-order valence-corrected chi connectivity index (χ3v) is 3.70. The summed E-state index contributed by atoms with van der Waals surface area (Å²) in [6.45, 7) is 0. The molecule has 1 aromatic rings. The number of hydrogen-bond acceptors (Lipinski definition) is 2. The molecule has 3 heteroatoms. The number of nitrogens with one attached hydrogen (secondary N) is 1. The summed E-state index contributed by atoms with van der Waals surface area (Å²) in [5.74, 6) is 0. The standard InChI is InChI=1S/C13H15NO2/c15-12-14-13(10-6-2-1-3-7-10)9-5-4-8-11(13)16-12/h1-3,6-7,11H,4-5,8-9H2,(H,14,15)/t11-,13-/m1/s1. The highest BCUT2D eigenvalue weighted by atomic mass is 16.6. The van der Waals surface area contributed by atoms with Crippen LogP contribution < -0.4 is 5.32 Å². The minimum atomic E-state index is -0.268. The van der Waals surface area contributed by atoms with Crippen LogP contribution in [-0.4, -0.2) is 12.2 Å². The molecule has 1 N–H and O–H groups in total. The van der Waals surface area contributed by atoms with Crippen LogP contribution in [-0.2, 0) is 10.3 Å². The predicted octanol–water partition coefficient (Wildman–Crippen LogP) is 2.56. The van der Waals surface area contributed by atoms with Gasteiger partial charge >= 0.3 is 6.09 Å². The van der Waals surface area contributed by atoms with Gasteiger partial charge in [-0.05, 0) is 24.8 Å². The van der Waals surface area contributed by atoms with E-state index in [1.165, 1.54) is 5.56 Å². The molecule has 0 bridgehead atoms. The highest BCUT2D eigenvalue weighted by Crippen LogP contribution is 2.42. The van der Waals surface area contributed by atoms with Gasteiger partial charge in [-0.1, -0.05) is 36.8 Å². The summed E-state index contributed by atoms with van der Waals surface area (Å²) in [6.07, 6.45) is 3.98. The zero-order valence-corrected chi connectivity index (χ0v) is 9.11. The van der Waals surface area contributed by atoms with Crippen LogP contribution in [0.5, 0.6) is 0 Å². The third-order valence-electron chi connectivity index (χ3n) is 3.70. The topological polar surface area (TPSA) is 38.3 Å². The van der Waals surface area contributed by atoms with E-state index in [0.717, 1.165) is 25.7 Å². The van der Waals surface area contributed by atoms with Crippen LogP contribution in [0.25, 0.3) is 0 Å². The zero-order valence-electron chi connectivity index (χ0n) is 9.11.